The molecule has 3 heterocycles. The third-order valence-corrected chi connectivity index (χ3v) is 17.5. The van der Waals surface area contributed by atoms with Gasteiger partial charge in [-0.1, -0.05) is 144 Å². The van der Waals surface area contributed by atoms with Crippen LogP contribution in [0.1, 0.15) is 40.4 Å². The molecule has 2 atom stereocenters. The van der Waals surface area contributed by atoms with Gasteiger partial charge in [0.15, 0.2) is 11.6 Å². The first-order valence-corrected chi connectivity index (χ1v) is 32.5. The van der Waals surface area contributed by atoms with Crippen LogP contribution in [0.3, 0.4) is 0 Å². The van der Waals surface area contributed by atoms with E-state index in [2.05, 4.69) is 9.97 Å². The smallest absolute Gasteiger partial charge is 0.347 e. The molecule has 0 aliphatic carbocycles. The summed E-state index contributed by atoms with van der Waals surface area (Å²) in [6.45, 7) is 0.675. The van der Waals surface area contributed by atoms with Crippen LogP contribution in [0.4, 0.5) is 4.39 Å². The van der Waals surface area contributed by atoms with Gasteiger partial charge in [0.1, 0.15) is 75.9 Å². The summed E-state index contributed by atoms with van der Waals surface area (Å²) in [5.74, 6) is 0.433. The number of esters is 1. The van der Waals surface area contributed by atoms with Crippen molar-refractivity contribution >= 4 is 56.4 Å². The summed E-state index contributed by atoms with van der Waals surface area (Å²) in [5.41, 5.74) is 4.41. The number of hydrogen-bond acceptors (Lipinski definition) is 16. The molecule has 486 valence electrons. The van der Waals surface area contributed by atoms with E-state index in [1.807, 2.05) is 103 Å². The van der Waals surface area contributed by atoms with E-state index in [1.165, 1.54) is 30.5 Å². The summed E-state index contributed by atoms with van der Waals surface area (Å²) in [4.78, 5) is 28.1. The van der Waals surface area contributed by atoms with Crippen molar-refractivity contribution in [3.05, 3.63) is 267 Å². The van der Waals surface area contributed by atoms with Crippen molar-refractivity contribution in [2.75, 3.05) is 41.2 Å². The van der Waals surface area contributed by atoms with Crippen LogP contribution in [0.2, 0.25) is 15.2 Å². The lowest BCUT2D eigenvalue weighted by molar-refractivity contribution is -0.151. The molecule has 0 unspecified atom stereocenters. The first-order chi connectivity index (χ1) is 46.1. The molecule has 17 nitrogen and oxygen atoms in total. The van der Waals surface area contributed by atoms with Crippen molar-refractivity contribution < 1.29 is 64.8 Å². The van der Waals surface area contributed by atoms with Crippen LogP contribution < -0.4 is 28.4 Å². The number of rotatable bonds is 28. The first-order valence-electron chi connectivity index (χ1n) is 29.8. The molecular formula is C73H62Cl3FN4O13S. The molecule has 3 aromatic heterocycles. The SMILES string of the molecule is CCOC(=O)[C@@H](Cc1cc(O)ccc1OCc1ccnc(-c2ccccc2OC)n1)Oc1nccn2c(Cl)c(-c3ccc(F)cc3)c(-c3cc(Cl)c(O[C@H](COC(c4ccccc4)(c4ccc(OC)cc4)c4ccc(OC)cc4)COS(=O)(=O)Cc4ccccc4)c(Cl)c3)c12. The molecule has 95 heavy (non-hydrogen) atoms. The average molecular weight is 1360 g/mol. The van der Waals surface area contributed by atoms with Crippen molar-refractivity contribution in [1.82, 2.24) is 19.4 Å². The monoisotopic (exact) mass is 1360 g/mol. The lowest BCUT2D eigenvalue weighted by atomic mass is 9.80. The molecule has 0 saturated carbocycles. The van der Waals surface area contributed by atoms with Crippen LogP contribution in [-0.4, -0.2) is 92.2 Å². The van der Waals surface area contributed by atoms with Gasteiger partial charge in [0.05, 0.1) is 55.8 Å². The van der Waals surface area contributed by atoms with E-state index < -0.39 is 52.1 Å². The molecule has 22 heteroatoms. The summed E-state index contributed by atoms with van der Waals surface area (Å²) in [6.07, 6.45) is 1.70. The molecule has 1 N–H and O–H groups in total. The Kier molecular flexibility index (Phi) is 21.2. The standard InChI is InChI=1S/C73H62Cl3FN4O13S/c1-5-89-72(83)64(41-48-38-55(82)28-33-62(48)90-42-54-34-35-78-70(80-54)59-18-12-13-19-63(59)88-4)94-71-67-65(66(47-20-26-53(77)27-21-47)69(76)81(67)37-36-79-71)49-39-60(74)68(61(75)40-49)93-58(44-92-95(84,85)45-46-14-8-6-9-15-46)43-91-73(50-16-10-7-11-17-50,51-22-29-56(86-2)30-23-51)52-24-31-57(87-3)32-25-52/h6-40,58,64,82H,5,41-45H2,1-4H3/t58-,64-/m1/s1. The fourth-order valence-corrected chi connectivity index (χ4v) is 12.9. The van der Waals surface area contributed by atoms with E-state index in [0.29, 0.717) is 90.2 Å². The van der Waals surface area contributed by atoms with E-state index in [9.17, 15) is 22.7 Å². The normalized spacial score (nSPS) is 12.2. The predicted molar refractivity (Wildman–Crippen MR) is 360 cm³/mol. The topological polar surface area (TPSA) is 198 Å². The number of carbonyl (C=O) groups is 1. The van der Waals surface area contributed by atoms with E-state index in [0.717, 1.165) is 0 Å². The van der Waals surface area contributed by atoms with Crippen LogP contribution in [-0.2, 0) is 53.0 Å². The van der Waals surface area contributed by atoms with Gasteiger partial charge < -0.3 is 47.4 Å². The summed E-state index contributed by atoms with van der Waals surface area (Å²) in [7, 11) is 0.434. The highest BCUT2D eigenvalue weighted by Crippen LogP contribution is 2.49. The Balaban J connectivity index is 0.973. The second-order valence-electron chi connectivity index (χ2n) is 21.5. The molecule has 0 radical (unpaired) electrons. The number of benzene rings is 8. The van der Waals surface area contributed by atoms with Crippen LogP contribution >= 0.6 is 34.8 Å². The van der Waals surface area contributed by atoms with Gasteiger partial charge in [0.2, 0.25) is 12.0 Å². The number of phenolic OH excluding ortho intramolecular Hbond substituents is 1. The van der Waals surface area contributed by atoms with Crippen LogP contribution in [0.15, 0.2) is 213 Å². The molecule has 0 aliphatic rings. The Morgan fingerprint density at radius 2 is 1.31 bits per heavy atom. The molecule has 0 fully saturated rings. The number of fused-ring (bicyclic) bond motifs is 1. The Labute approximate surface area is 563 Å². The van der Waals surface area contributed by atoms with Gasteiger partial charge in [-0.05, 0) is 125 Å². The maximum Gasteiger partial charge on any atom is 0.347 e. The highest BCUT2D eigenvalue weighted by molar-refractivity contribution is 7.85. The van der Waals surface area contributed by atoms with Gasteiger partial charge >= 0.3 is 5.97 Å². The predicted octanol–water partition coefficient (Wildman–Crippen LogP) is 15.4. The van der Waals surface area contributed by atoms with E-state index >= 15 is 0 Å². The summed E-state index contributed by atoms with van der Waals surface area (Å²) in [5, 5.41) is 10.9. The van der Waals surface area contributed by atoms with Crippen molar-refractivity contribution in [1.29, 1.82) is 0 Å². The number of nitrogens with zero attached hydrogens (tertiary/aromatic N) is 4. The fraction of sp³-hybridized carbons (Fsp3) is 0.178. The Hall–Kier alpha value is -9.73. The maximum absolute atomic E-state index is 14.8. The molecule has 0 aliphatic heterocycles. The maximum atomic E-state index is 14.8. The number of halogens is 4. The number of methoxy groups -OCH3 is 3. The second kappa shape index (κ2) is 30.1. The number of phenols is 1. The fourth-order valence-electron chi connectivity index (χ4n) is 11.0. The Bertz CT molecular complexity index is 4520. The highest BCUT2D eigenvalue weighted by Gasteiger charge is 2.40. The van der Waals surface area contributed by atoms with E-state index in [4.69, 9.17) is 81.9 Å². The number of ether oxygens (including phenoxy) is 8. The van der Waals surface area contributed by atoms with Gasteiger partial charge in [-0.15, -0.1) is 0 Å². The van der Waals surface area contributed by atoms with Gasteiger partial charge in [-0.3, -0.25) is 4.18 Å². The number of hydrogen-bond donors (Lipinski definition) is 1. The molecule has 11 aromatic rings. The van der Waals surface area contributed by atoms with Crippen LogP contribution in [0.25, 0.3) is 39.2 Å². The van der Waals surface area contributed by atoms with Crippen molar-refractivity contribution in [2.45, 2.75) is 43.5 Å². The lowest BCUT2D eigenvalue weighted by Crippen LogP contribution is -2.39. The number of carbonyl (C=O) groups excluding carboxylic acids is 1. The minimum Gasteiger partial charge on any atom is -0.508 e. The third-order valence-electron chi connectivity index (χ3n) is 15.4. The largest absolute Gasteiger partial charge is 0.508 e. The summed E-state index contributed by atoms with van der Waals surface area (Å²) in [6, 6.07) is 55.1. The molecule has 11 rings (SSSR count). The van der Waals surface area contributed by atoms with Gasteiger partial charge in [0, 0.05) is 41.7 Å². The zero-order chi connectivity index (χ0) is 66.6. The second-order valence-corrected chi connectivity index (χ2v) is 24.3. The molecule has 0 saturated heterocycles. The van der Waals surface area contributed by atoms with Crippen molar-refractivity contribution in [2.24, 2.45) is 0 Å². The molecule has 0 bridgehead atoms. The Morgan fingerprint density at radius 3 is 1.96 bits per heavy atom. The first kappa shape index (κ1) is 66.7. The number of para-hydroxylation sites is 1. The molecule has 0 spiro atoms. The van der Waals surface area contributed by atoms with E-state index in [1.54, 1.807) is 112 Å². The van der Waals surface area contributed by atoms with Crippen LogP contribution in [0.5, 0.6) is 40.4 Å². The summed E-state index contributed by atoms with van der Waals surface area (Å²) >= 11 is 22.2. The Morgan fingerprint density at radius 1 is 0.663 bits per heavy atom. The zero-order valence-electron chi connectivity index (χ0n) is 51.7. The van der Waals surface area contributed by atoms with Crippen LogP contribution in [0, 0.1) is 5.82 Å². The van der Waals surface area contributed by atoms with Gasteiger partial charge in [-0.25, -0.2) is 24.1 Å². The highest BCUT2D eigenvalue weighted by atomic mass is 35.5. The van der Waals surface area contributed by atoms with E-state index in [-0.39, 0.29) is 64.3 Å². The average Bonchev–Trinajstić information content (AvgIpc) is 1.64. The molecule has 8 aromatic carbocycles. The lowest BCUT2D eigenvalue weighted by Gasteiger charge is -2.37. The van der Waals surface area contributed by atoms with Gasteiger partial charge in [0.25, 0.3) is 10.1 Å². The van der Waals surface area contributed by atoms with Crippen molar-refractivity contribution in [3.8, 4) is 74.0 Å². The quantitative estimate of drug-likeness (QED) is 0.0276. The van der Waals surface area contributed by atoms with Gasteiger partial charge in [-0.2, -0.15) is 8.42 Å². The third kappa shape index (κ3) is 15.3. The number of aromatic nitrogens is 4. The minimum absolute atomic E-state index is 0.0217. The van der Waals surface area contributed by atoms with Crippen molar-refractivity contribution in [3.63, 3.8) is 0 Å². The zero-order valence-corrected chi connectivity index (χ0v) is 54.7. The number of aromatic hydroxyl groups is 1. The molecular weight excluding hydrogens is 1300 g/mol. The molecule has 0 amide bonds. The summed E-state index contributed by atoms with van der Waals surface area (Å²) < 4.78 is 99.3. The minimum atomic E-state index is -4.27.